The first-order valence-corrected chi connectivity index (χ1v) is 10.4. The Labute approximate surface area is 166 Å². The summed E-state index contributed by atoms with van der Waals surface area (Å²) in [5.74, 6) is 0.0500. The molecule has 1 aromatic rings. The minimum Gasteiger partial charge on any atom is -0.370 e. The van der Waals surface area contributed by atoms with Gasteiger partial charge in [-0.15, -0.1) is 0 Å². The van der Waals surface area contributed by atoms with Gasteiger partial charge in [0.25, 0.3) is 0 Å². The number of rotatable bonds is 3. The van der Waals surface area contributed by atoms with Crippen molar-refractivity contribution in [3.63, 3.8) is 0 Å². The fourth-order valence-electron chi connectivity index (χ4n) is 5.02. The van der Waals surface area contributed by atoms with Crippen molar-refractivity contribution in [3.8, 4) is 0 Å². The Hall–Kier alpha value is -2.37. The van der Waals surface area contributed by atoms with E-state index >= 15 is 0 Å². The van der Waals surface area contributed by atoms with Crippen LogP contribution in [0.2, 0.25) is 0 Å². The SMILES string of the molecule is Cc1ccc(N2CCC3(CCC(C=O)CC3)CC2)c(N2CCC(=O)NC2=O)c1. The van der Waals surface area contributed by atoms with Crippen molar-refractivity contribution in [2.45, 2.75) is 51.9 Å². The fraction of sp³-hybridized carbons (Fsp3) is 0.591. The smallest absolute Gasteiger partial charge is 0.328 e. The van der Waals surface area contributed by atoms with Crippen LogP contribution in [0, 0.1) is 18.3 Å². The molecule has 1 saturated carbocycles. The largest absolute Gasteiger partial charge is 0.370 e. The lowest BCUT2D eigenvalue weighted by atomic mass is 9.65. The topological polar surface area (TPSA) is 69.7 Å². The number of aryl methyl sites for hydroxylation is 1. The standard InChI is InChI=1S/C22H29N3O3/c1-16-2-3-18(19(14-16)25-11-6-20(27)23-21(25)28)24-12-9-22(10-13-24)7-4-17(15-26)5-8-22/h2-3,14-15,17H,4-13H2,1H3,(H,23,27,28). The predicted octanol–water partition coefficient (Wildman–Crippen LogP) is 3.42. The molecule has 0 bridgehead atoms. The second-order valence-corrected chi connectivity index (χ2v) is 8.71. The van der Waals surface area contributed by atoms with Crippen molar-refractivity contribution in [1.82, 2.24) is 5.32 Å². The van der Waals surface area contributed by atoms with E-state index in [0.29, 0.717) is 18.4 Å². The molecule has 28 heavy (non-hydrogen) atoms. The third-order valence-corrected chi connectivity index (χ3v) is 6.92. The van der Waals surface area contributed by atoms with E-state index in [2.05, 4.69) is 22.3 Å². The van der Waals surface area contributed by atoms with Crippen LogP contribution in [0.4, 0.5) is 16.2 Å². The number of piperidine rings is 1. The van der Waals surface area contributed by atoms with Crippen LogP contribution in [0.1, 0.15) is 50.5 Å². The zero-order valence-corrected chi connectivity index (χ0v) is 16.6. The van der Waals surface area contributed by atoms with Crippen LogP contribution in [-0.4, -0.2) is 37.9 Å². The first kappa shape index (κ1) is 19.0. The minimum atomic E-state index is -0.330. The maximum Gasteiger partial charge on any atom is 0.328 e. The second kappa shape index (κ2) is 7.57. The number of urea groups is 1. The van der Waals surface area contributed by atoms with Crippen LogP contribution in [0.3, 0.4) is 0 Å². The van der Waals surface area contributed by atoms with Crippen molar-refractivity contribution >= 4 is 29.6 Å². The Kier molecular flexibility index (Phi) is 5.13. The average Bonchev–Trinajstić information content (AvgIpc) is 2.70. The van der Waals surface area contributed by atoms with Crippen molar-refractivity contribution in [3.05, 3.63) is 23.8 Å². The molecule has 6 nitrogen and oxygen atoms in total. The van der Waals surface area contributed by atoms with Gasteiger partial charge >= 0.3 is 6.03 Å². The molecule has 0 aromatic heterocycles. The van der Waals surface area contributed by atoms with Crippen LogP contribution >= 0.6 is 0 Å². The summed E-state index contributed by atoms with van der Waals surface area (Å²) in [6, 6.07) is 5.91. The number of nitrogens with one attached hydrogen (secondary N) is 1. The van der Waals surface area contributed by atoms with E-state index in [9.17, 15) is 14.4 Å². The highest BCUT2D eigenvalue weighted by atomic mass is 16.2. The lowest BCUT2D eigenvalue weighted by Crippen LogP contribution is -2.50. The molecule has 1 N–H and O–H groups in total. The first-order chi connectivity index (χ1) is 13.5. The molecule has 6 heteroatoms. The van der Waals surface area contributed by atoms with E-state index < -0.39 is 0 Å². The van der Waals surface area contributed by atoms with Crippen molar-refractivity contribution in [2.24, 2.45) is 11.3 Å². The number of nitrogens with zero attached hydrogens (tertiary/aromatic N) is 2. The third-order valence-electron chi connectivity index (χ3n) is 6.92. The summed E-state index contributed by atoms with van der Waals surface area (Å²) < 4.78 is 0. The number of carbonyl (C=O) groups excluding carboxylic acids is 3. The van der Waals surface area contributed by atoms with Crippen LogP contribution in [0.15, 0.2) is 18.2 Å². The number of hydrogen-bond donors (Lipinski definition) is 1. The Morgan fingerprint density at radius 3 is 2.39 bits per heavy atom. The van der Waals surface area contributed by atoms with Crippen LogP contribution < -0.4 is 15.1 Å². The molecular weight excluding hydrogens is 354 g/mol. The predicted molar refractivity (Wildman–Crippen MR) is 109 cm³/mol. The highest BCUT2D eigenvalue weighted by Gasteiger charge is 2.38. The van der Waals surface area contributed by atoms with Crippen LogP contribution in [0.25, 0.3) is 0 Å². The third kappa shape index (κ3) is 3.64. The molecule has 2 saturated heterocycles. The monoisotopic (exact) mass is 383 g/mol. The molecule has 2 aliphatic heterocycles. The normalized spacial score (nSPS) is 23.0. The number of imide groups is 1. The Morgan fingerprint density at radius 2 is 1.75 bits per heavy atom. The molecule has 3 aliphatic rings. The van der Waals surface area contributed by atoms with Gasteiger partial charge in [-0.05, 0) is 68.6 Å². The number of hydrogen-bond acceptors (Lipinski definition) is 4. The van der Waals surface area contributed by atoms with E-state index in [-0.39, 0.29) is 17.9 Å². The molecule has 2 heterocycles. The van der Waals surface area contributed by atoms with Gasteiger partial charge in [0.1, 0.15) is 6.29 Å². The lowest BCUT2D eigenvalue weighted by Gasteiger charge is -2.46. The van der Waals surface area contributed by atoms with E-state index in [1.807, 2.05) is 13.0 Å². The van der Waals surface area contributed by atoms with E-state index in [0.717, 1.165) is 74.8 Å². The summed E-state index contributed by atoms with van der Waals surface area (Å²) in [5.41, 5.74) is 3.46. The number of benzene rings is 1. The van der Waals surface area contributed by atoms with Gasteiger partial charge in [-0.2, -0.15) is 0 Å². The molecule has 0 unspecified atom stereocenters. The Morgan fingerprint density at radius 1 is 1.04 bits per heavy atom. The summed E-state index contributed by atoms with van der Waals surface area (Å²) >= 11 is 0. The number of amides is 3. The van der Waals surface area contributed by atoms with Gasteiger partial charge in [-0.25, -0.2) is 4.79 Å². The van der Waals surface area contributed by atoms with Crippen molar-refractivity contribution in [1.29, 1.82) is 0 Å². The van der Waals surface area contributed by atoms with Gasteiger partial charge in [-0.3, -0.25) is 15.0 Å². The van der Waals surface area contributed by atoms with E-state index in [1.165, 1.54) is 0 Å². The van der Waals surface area contributed by atoms with Crippen molar-refractivity contribution in [2.75, 3.05) is 29.4 Å². The second-order valence-electron chi connectivity index (χ2n) is 8.71. The quantitative estimate of drug-likeness (QED) is 0.812. The summed E-state index contributed by atoms with van der Waals surface area (Å²) in [5, 5.41) is 2.43. The first-order valence-electron chi connectivity index (χ1n) is 10.4. The van der Waals surface area contributed by atoms with E-state index in [4.69, 9.17) is 0 Å². The summed E-state index contributed by atoms with van der Waals surface area (Å²) in [6.45, 7) is 4.38. The Bertz CT molecular complexity index is 773. The molecule has 1 spiro atoms. The van der Waals surface area contributed by atoms with Gasteiger partial charge in [0.2, 0.25) is 5.91 Å². The zero-order valence-electron chi connectivity index (χ0n) is 16.6. The Balaban J connectivity index is 1.50. The molecule has 1 aliphatic carbocycles. The number of aldehydes is 1. The van der Waals surface area contributed by atoms with Crippen LogP contribution in [-0.2, 0) is 9.59 Å². The fourth-order valence-corrected chi connectivity index (χ4v) is 5.02. The number of anilines is 2. The van der Waals surface area contributed by atoms with Gasteiger partial charge in [0.05, 0.1) is 11.4 Å². The molecule has 0 radical (unpaired) electrons. The highest BCUT2D eigenvalue weighted by Crippen LogP contribution is 2.47. The van der Waals surface area contributed by atoms with Gasteiger partial charge < -0.3 is 9.69 Å². The molecule has 1 aromatic carbocycles. The van der Waals surface area contributed by atoms with Gasteiger partial charge in [0, 0.05) is 32.0 Å². The maximum atomic E-state index is 12.4. The van der Waals surface area contributed by atoms with Crippen molar-refractivity contribution < 1.29 is 14.4 Å². The lowest BCUT2D eigenvalue weighted by molar-refractivity contribution is -0.120. The zero-order chi connectivity index (χ0) is 19.7. The molecular formula is C22H29N3O3. The summed E-state index contributed by atoms with van der Waals surface area (Å²) in [6.07, 6.45) is 8.11. The molecule has 3 fully saturated rings. The van der Waals surface area contributed by atoms with Gasteiger partial charge in [-0.1, -0.05) is 6.07 Å². The number of carbonyl (C=O) groups is 3. The molecule has 3 amide bonds. The van der Waals surface area contributed by atoms with E-state index in [1.54, 1.807) is 4.90 Å². The van der Waals surface area contributed by atoms with Crippen LogP contribution in [0.5, 0.6) is 0 Å². The molecule has 0 atom stereocenters. The average molecular weight is 383 g/mol. The maximum absolute atomic E-state index is 12.4. The minimum absolute atomic E-state index is 0.207. The summed E-state index contributed by atoms with van der Waals surface area (Å²) in [4.78, 5) is 39.1. The molecule has 150 valence electrons. The highest BCUT2D eigenvalue weighted by molar-refractivity contribution is 6.07. The summed E-state index contributed by atoms with van der Waals surface area (Å²) in [7, 11) is 0. The molecule has 4 rings (SSSR count). The van der Waals surface area contributed by atoms with Gasteiger partial charge in [0.15, 0.2) is 0 Å².